The molecule has 21 heavy (non-hydrogen) atoms. The number of hydrogen-bond donors (Lipinski definition) is 1. The highest BCUT2D eigenvalue weighted by Gasteiger charge is 2.23. The smallest absolute Gasteiger partial charge is 0.335 e. The molecule has 1 unspecified atom stereocenters. The molecule has 1 saturated heterocycles. The highest BCUT2D eigenvalue weighted by Crippen LogP contribution is 2.27. The van der Waals surface area contributed by atoms with Gasteiger partial charge in [0.1, 0.15) is 5.75 Å². The van der Waals surface area contributed by atoms with Crippen LogP contribution in [0.25, 0.3) is 0 Å². The van der Waals surface area contributed by atoms with Gasteiger partial charge >= 0.3 is 5.97 Å². The molecular formula is C17H25NO3. The third-order valence-electron chi connectivity index (χ3n) is 4.27. The molecule has 0 spiro atoms. The number of benzene rings is 1. The Kier molecular flexibility index (Phi) is 5.62. The van der Waals surface area contributed by atoms with Crippen LogP contribution in [-0.2, 0) is 6.54 Å². The maximum Gasteiger partial charge on any atom is 0.335 e. The summed E-state index contributed by atoms with van der Waals surface area (Å²) in [6.07, 6.45) is 6.16. The van der Waals surface area contributed by atoms with Crippen molar-refractivity contribution in [1.29, 1.82) is 0 Å². The molecule has 0 saturated carbocycles. The molecule has 1 aromatic carbocycles. The number of ether oxygens (including phenoxy) is 1. The van der Waals surface area contributed by atoms with Crippen molar-refractivity contribution < 1.29 is 14.6 Å². The molecule has 1 fully saturated rings. The number of methoxy groups -OCH3 is 1. The van der Waals surface area contributed by atoms with Gasteiger partial charge in [0.05, 0.1) is 12.7 Å². The first-order valence-electron chi connectivity index (χ1n) is 7.80. The van der Waals surface area contributed by atoms with E-state index < -0.39 is 5.97 Å². The summed E-state index contributed by atoms with van der Waals surface area (Å²) in [7, 11) is 1.64. The van der Waals surface area contributed by atoms with Crippen LogP contribution in [0.1, 0.15) is 54.9 Å². The molecule has 1 aliphatic rings. The molecule has 2 rings (SSSR count). The summed E-state index contributed by atoms with van der Waals surface area (Å²) < 4.78 is 5.40. The normalized spacial score (nSPS) is 19.4. The predicted molar refractivity (Wildman–Crippen MR) is 82.9 cm³/mol. The largest absolute Gasteiger partial charge is 0.496 e. The first-order chi connectivity index (χ1) is 10.2. The maximum atomic E-state index is 11.2. The fraction of sp³-hybridized carbons (Fsp3) is 0.588. The van der Waals surface area contributed by atoms with Crippen LogP contribution in [0.2, 0.25) is 0 Å². The zero-order chi connectivity index (χ0) is 15.2. The first-order valence-corrected chi connectivity index (χ1v) is 7.80. The number of carbonyl (C=O) groups is 1. The number of carboxylic acid groups (broad SMARTS) is 1. The zero-order valence-electron chi connectivity index (χ0n) is 13.0. The van der Waals surface area contributed by atoms with Crippen molar-refractivity contribution in [3.05, 3.63) is 29.3 Å². The Balaban J connectivity index is 2.19. The number of rotatable bonds is 6. The summed E-state index contributed by atoms with van der Waals surface area (Å²) in [4.78, 5) is 13.6. The van der Waals surface area contributed by atoms with E-state index in [1.54, 1.807) is 25.3 Å². The highest BCUT2D eigenvalue weighted by molar-refractivity contribution is 5.88. The minimum atomic E-state index is -0.886. The van der Waals surface area contributed by atoms with Crippen LogP contribution in [0.4, 0.5) is 0 Å². The summed E-state index contributed by atoms with van der Waals surface area (Å²) in [6.45, 7) is 4.08. The van der Waals surface area contributed by atoms with Crippen molar-refractivity contribution in [3.63, 3.8) is 0 Å². The van der Waals surface area contributed by atoms with E-state index in [1.165, 1.54) is 32.1 Å². The van der Waals surface area contributed by atoms with Gasteiger partial charge in [-0.25, -0.2) is 4.79 Å². The van der Waals surface area contributed by atoms with Crippen LogP contribution >= 0.6 is 0 Å². The molecular weight excluding hydrogens is 266 g/mol. The molecule has 0 aromatic heterocycles. The van der Waals surface area contributed by atoms with E-state index in [-0.39, 0.29) is 0 Å². The van der Waals surface area contributed by atoms with E-state index in [2.05, 4.69) is 11.8 Å². The van der Waals surface area contributed by atoms with Gasteiger partial charge in [0, 0.05) is 18.2 Å². The van der Waals surface area contributed by atoms with Gasteiger partial charge in [-0.15, -0.1) is 0 Å². The molecule has 1 aliphatic heterocycles. The van der Waals surface area contributed by atoms with Crippen LogP contribution in [0, 0.1) is 0 Å². The van der Waals surface area contributed by atoms with Crippen LogP contribution in [0.3, 0.4) is 0 Å². The van der Waals surface area contributed by atoms with Gasteiger partial charge in [0.15, 0.2) is 0 Å². The molecule has 0 bridgehead atoms. The number of carboxylic acids is 1. The number of aromatic carboxylic acids is 1. The summed E-state index contributed by atoms with van der Waals surface area (Å²) in [5, 5.41) is 9.16. The Labute approximate surface area is 126 Å². The molecule has 1 heterocycles. The minimum Gasteiger partial charge on any atom is -0.496 e. The van der Waals surface area contributed by atoms with Crippen molar-refractivity contribution in [3.8, 4) is 5.75 Å². The standard InChI is InChI=1S/C17H25NO3/c1-3-6-15-7-4-5-10-18(15)12-14-11-13(17(19)20)8-9-16(14)21-2/h8-9,11,15H,3-7,10,12H2,1-2H3,(H,19,20). The first kappa shape index (κ1) is 15.8. The van der Waals surface area contributed by atoms with E-state index in [9.17, 15) is 4.79 Å². The monoisotopic (exact) mass is 291 g/mol. The molecule has 4 heteroatoms. The minimum absolute atomic E-state index is 0.329. The molecule has 0 radical (unpaired) electrons. The number of piperidine rings is 1. The van der Waals surface area contributed by atoms with Gasteiger partial charge in [0.25, 0.3) is 0 Å². The summed E-state index contributed by atoms with van der Waals surface area (Å²) in [5.41, 5.74) is 1.30. The van der Waals surface area contributed by atoms with E-state index in [0.717, 1.165) is 24.4 Å². The Morgan fingerprint density at radius 1 is 1.43 bits per heavy atom. The van der Waals surface area contributed by atoms with Crippen LogP contribution in [0.5, 0.6) is 5.75 Å². The van der Waals surface area contributed by atoms with Gasteiger partial charge in [0.2, 0.25) is 0 Å². The fourth-order valence-electron chi connectivity index (χ4n) is 3.18. The second kappa shape index (κ2) is 7.46. The number of likely N-dealkylation sites (tertiary alicyclic amines) is 1. The number of nitrogens with zero attached hydrogens (tertiary/aromatic N) is 1. The third-order valence-corrected chi connectivity index (χ3v) is 4.27. The van der Waals surface area contributed by atoms with Gasteiger partial charge in [-0.3, -0.25) is 4.90 Å². The van der Waals surface area contributed by atoms with E-state index >= 15 is 0 Å². The van der Waals surface area contributed by atoms with Crippen LogP contribution in [-0.4, -0.2) is 35.7 Å². The second-order valence-corrected chi connectivity index (χ2v) is 5.74. The molecule has 4 nitrogen and oxygen atoms in total. The summed E-state index contributed by atoms with van der Waals surface area (Å²) in [5.74, 6) is -0.108. The fourth-order valence-corrected chi connectivity index (χ4v) is 3.18. The average molecular weight is 291 g/mol. The highest BCUT2D eigenvalue weighted by atomic mass is 16.5. The Bertz CT molecular complexity index is 485. The molecule has 0 amide bonds. The van der Waals surface area contributed by atoms with Crippen LogP contribution in [0.15, 0.2) is 18.2 Å². The van der Waals surface area contributed by atoms with Crippen molar-refractivity contribution in [2.75, 3.05) is 13.7 Å². The zero-order valence-corrected chi connectivity index (χ0v) is 13.0. The second-order valence-electron chi connectivity index (χ2n) is 5.74. The third kappa shape index (κ3) is 3.97. The summed E-state index contributed by atoms with van der Waals surface area (Å²) in [6, 6.07) is 5.72. The van der Waals surface area contributed by atoms with Crippen molar-refractivity contribution in [1.82, 2.24) is 4.90 Å². The maximum absolute atomic E-state index is 11.2. The lowest BCUT2D eigenvalue weighted by Gasteiger charge is -2.36. The lowest BCUT2D eigenvalue weighted by molar-refractivity contribution is 0.0696. The Morgan fingerprint density at radius 2 is 2.24 bits per heavy atom. The lowest BCUT2D eigenvalue weighted by atomic mass is 9.97. The van der Waals surface area contributed by atoms with E-state index in [1.807, 2.05) is 0 Å². The van der Waals surface area contributed by atoms with Crippen molar-refractivity contribution in [2.24, 2.45) is 0 Å². The quantitative estimate of drug-likeness (QED) is 0.871. The SMILES string of the molecule is CCCC1CCCCN1Cc1cc(C(=O)O)ccc1OC. The molecule has 0 aliphatic carbocycles. The average Bonchev–Trinajstić information content (AvgIpc) is 2.49. The van der Waals surface area contributed by atoms with Gasteiger partial charge in [-0.1, -0.05) is 19.8 Å². The van der Waals surface area contributed by atoms with Crippen molar-refractivity contribution in [2.45, 2.75) is 51.6 Å². The van der Waals surface area contributed by atoms with E-state index in [0.29, 0.717) is 11.6 Å². The molecule has 1 atom stereocenters. The van der Waals surface area contributed by atoms with Gasteiger partial charge in [-0.2, -0.15) is 0 Å². The Hall–Kier alpha value is -1.55. The van der Waals surface area contributed by atoms with Gasteiger partial charge < -0.3 is 9.84 Å². The topological polar surface area (TPSA) is 49.8 Å². The molecule has 1 aromatic rings. The van der Waals surface area contributed by atoms with Crippen LogP contribution < -0.4 is 4.74 Å². The predicted octanol–water partition coefficient (Wildman–Crippen LogP) is 3.55. The Morgan fingerprint density at radius 3 is 2.90 bits per heavy atom. The molecule has 116 valence electrons. The number of hydrogen-bond acceptors (Lipinski definition) is 3. The van der Waals surface area contributed by atoms with E-state index in [4.69, 9.17) is 9.84 Å². The van der Waals surface area contributed by atoms with Gasteiger partial charge in [-0.05, 0) is 44.0 Å². The lowest BCUT2D eigenvalue weighted by Crippen LogP contribution is -2.38. The summed E-state index contributed by atoms with van der Waals surface area (Å²) >= 11 is 0. The van der Waals surface area contributed by atoms with Crippen molar-refractivity contribution >= 4 is 5.97 Å². The molecule has 1 N–H and O–H groups in total.